The van der Waals surface area contributed by atoms with E-state index in [2.05, 4.69) is 15.1 Å². The number of benzene rings is 1. The standard InChI is InChI=1S/C19H25N5OS/c25-19(18-13-20-24(21-18)16-7-2-1-3-8-16)23-11-6-12-26-15-17(23)14-22-9-4-5-10-22/h1-3,7-8,13,17H,4-6,9-12,14-15H2. The van der Waals surface area contributed by atoms with Gasteiger partial charge in [0.1, 0.15) is 0 Å². The third-order valence-corrected chi connectivity index (χ3v) is 6.26. The van der Waals surface area contributed by atoms with Crippen LogP contribution in [0.1, 0.15) is 29.8 Å². The summed E-state index contributed by atoms with van der Waals surface area (Å²) >= 11 is 1.96. The largest absolute Gasteiger partial charge is 0.332 e. The summed E-state index contributed by atoms with van der Waals surface area (Å²) in [5.41, 5.74) is 1.30. The molecule has 2 aliphatic heterocycles. The van der Waals surface area contributed by atoms with E-state index in [1.54, 1.807) is 6.20 Å². The maximum atomic E-state index is 13.2. The molecule has 1 unspecified atom stereocenters. The van der Waals surface area contributed by atoms with E-state index >= 15 is 0 Å². The van der Waals surface area contributed by atoms with Gasteiger partial charge in [-0.3, -0.25) is 4.79 Å². The SMILES string of the molecule is O=C(c1cnn(-c2ccccc2)n1)N1CCCSCC1CN1CCCC1. The lowest BCUT2D eigenvalue weighted by molar-refractivity contribution is 0.0660. The van der Waals surface area contributed by atoms with E-state index < -0.39 is 0 Å². The molecule has 4 rings (SSSR count). The molecule has 0 N–H and O–H groups in total. The highest BCUT2D eigenvalue weighted by Crippen LogP contribution is 2.21. The van der Waals surface area contributed by atoms with Gasteiger partial charge in [-0.15, -0.1) is 5.10 Å². The normalized spacial score (nSPS) is 21.7. The van der Waals surface area contributed by atoms with Crippen LogP contribution in [-0.2, 0) is 0 Å². The van der Waals surface area contributed by atoms with Crippen LogP contribution < -0.4 is 0 Å². The fraction of sp³-hybridized carbons (Fsp3) is 0.526. The van der Waals surface area contributed by atoms with Gasteiger partial charge in [-0.2, -0.15) is 21.7 Å². The summed E-state index contributed by atoms with van der Waals surface area (Å²) in [6.45, 7) is 4.11. The lowest BCUT2D eigenvalue weighted by atomic mass is 10.2. The molecule has 1 atom stereocenters. The summed E-state index contributed by atoms with van der Waals surface area (Å²) in [5, 5.41) is 8.74. The minimum Gasteiger partial charge on any atom is -0.332 e. The fourth-order valence-corrected chi connectivity index (χ4v) is 4.76. The Hall–Kier alpha value is -1.86. The first-order valence-corrected chi connectivity index (χ1v) is 10.6. The summed E-state index contributed by atoms with van der Waals surface area (Å²) in [6, 6.07) is 9.98. The number of carbonyl (C=O) groups excluding carboxylic acids is 1. The molecule has 2 aliphatic rings. The van der Waals surface area contributed by atoms with Gasteiger partial charge in [0, 0.05) is 18.8 Å². The zero-order valence-corrected chi connectivity index (χ0v) is 15.8. The van der Waals surface area contributed by atoms with Crippen molar-refractivity contribution in [2.24, 2.45) is 0 Å². The lowest BCUT2D eigenvalue weighted by Crippen LogP contribution is -2.47. The third-order valence-electron chi connectivity index (χ3n) is 5.07. The van der Waals surface area contributed by atoms with Crippen molar-refractivity contribution in [3.05, 3.63) is 42.2 Å². The molecule has 2 saturated heterocycles. The average molecular weight is 372 g/mol. The van der Waals surface area contributed by atoms with E-state index in [0.717, 1.165) is 49.8 Å². The predicted octanol–water partition coefficient (Wildman–Crippen LogP) is 2.31. The van der Waals surface area contributed by atoms with E-state index in [0.29, 0.717) is 5.69 Å². The number of carbonyl (C=O) groups is 1. The highest BCUT2D eigenvalue weighted by molar-refractivity contribution is 7.99. The van der Waals surface area contributed by atoms with E-state index in [1.165, 1.54) is 17.6 Å². The van der Waals surface area contributed by atoms with Gasteiger partial charge in [0.2, 0.25) is 0 Å². The second-order valence-electron chi connectivity index (χ2n) is 6.94. The molecule has 6 nitrogen and oxygen atoms in total. The lowest BCUT2D eigenvalue weighted by Gasteiger charge is -2.32. The number of para-hydroxylation sites is 1. The van der Waals surface area contributed by atoms with Crippen LogP contribution in [0.25, 0.3) is 5.69 Å². The summed E-state index contributed by atoms with van der Waals surface area (Å²) in [5.74, 6) is 2.14. The van der Waals surface area contributed by atoms with Crippen molar-refractivity contribution in [1.29, 1.82) is 0 Å². The Morgan fingerprint density at radius 2 is 1.92 bits per heavy atom. The van der Waals surface area contributed by atoms with E-state index in [-0.39, 0.29) is 11.9 Å². The van der Waals surface area contributed by atoms with Gasteiger partial charge < -0.3 is 9.80 Å². The van der Waals surface area contributed by atoms with Crippen molar-refractivity contribution in [2.75, 3.05) is 37.7 Å². The molecule has 1 aromatic heterocycles. The van der Waals surface area contributed by atoms with Crippen LogP contribution in [0.5, 0.6) is 0 Å². The molecule has 0 saturated carbocycles. The molecule has 0 aliphatic carbocycles. The van der Waals surface area contributed by atoms with Gasteiger partial charge in [0.15, 0.2) is 5.69 Å². The van der Waals surface area contributed by atoms with Crippen molar-refractivity contribution < 1.29 is 4.79 Å². The van der Waals surface area contributed by atoms with Crippen LogP contribution >= 0.6 is 11.8 Å². The zero-order valence-electron chi connectivity index (χ0n) is 15.0. The molecule has 1 aromatic carbocycles. The monoisotopic (exact) mass is 371 g/mol. The van der Waals surface area contributed by atoms with Crippen LogP contribution in [0.2, 0.25) is 0 Å². The van der Waals surface area contributed by atoms with Gasteiger partial charge in [-0.25, -0.2) is 0 Å². The Balaban J connectivity index is 1.51. The van der Waals surface area contributed by atoms with E-state index in [1.807, 2.05) is 47.0 Å². The Bertz CT molecular complexity index is 729. The van der Waals surface area contributed by atoms with Crippen LogP contribution in [0.4, 0.5) is 0 Å². The van der Waals surface area contributed by atoms with Crippen molar-refractivity contribution in [2.45, 2.75) is 25.3 Å². The van der Waals surface area contributed by atoms with Crippen LogP contribution in [0, 0.1) is 0 Å². The minimum atomic E-state index is 0.0129. The Kier molecular flexibility index (Phi) is 5.55. The molecule has 3 heterocycles. The van der Waals surface area contributed by atoms with Gasteiger partial charge >= 0.3 is 0 Å². The van der Waals surface area contributed by atoms with Crippen LogP contribution in [0.3, 0.4) is 0 Å². The molecule has 2 fully saturated rings. The van der Waals surface area contributed by atoms with Crippen molar-refractivity contribution in [3.8, 4) is 5.69 Å². The molecule has 138 valence electrons. The fourth-order valence-electron chi connectivity index (χ4n) is 3.70. The number of likely N-dealkylation sites (tertiary alicyclic amines) is 1. The molecule has 2 aromatic rings. The molecule has 0 spiro atoms. The van der Waals surface area contributed by atoms with Crippen molar-refractivity contribution in [1.82, 2.24) is 24.8 Å². The third kappa shape index (κ3) is 3.94. The summed E-state index contributed by atoms with van der Waals surface area (Å²) < 4.78 is 0. The van der Waals surface area contributed by atoms with Gasteiger partial charge in [0.25, 0.3) is 5.91 Å². The predicted molar refractivity (Wildman–Crippen MR) is 104 cm³/mol. The minimum absolute atomic E-state index is 0.0129. The zero-order chi connectivity index (χ0) is 17.8. The maximum Gasteiger partial charge on any atom is 0.276 e. The quantitative estimate of drug-likeness (QED) is 0.826. The summed E-state index contributed by atoms with van der Waals surface area (Å²) in [7, 11) is 0. The molecule has 26 heavy (non-hydrogen) atoms. The van der Waals surface area contributed by atoms with Crippen LogP contribution in [0.15, 0.2) is 36.5 Å². The molecule has 1 amide bonds. The molecular weight excluding hydrogens is 346 g/mol. The van der Waals surface area contributed by atoms with Crippen LogP contribution in [-0.4, -0.2) is 74.4 Å². The number of rotatable bonds is 4. The van der Waals surface area contributed by atoms with Gasteiger partial charge in [0.05, 0.1) is 17.9 Å². The first-order chi connectivity index (χ1) is 12.8. The smallest absolute Gasteiger partial charge is 0.276 e. The molecule has 7 heteroatoms. The number of aromatic nitrogens is 3. The highest BCUT2D eigenvalue weighted by Gasteiger charge is 2.30. The Labute approximate surface area is 158 Å². The Morgan fingerprint density at radius 3 is 2.73 bits per heavy atom. The first-order valence-electron chi connectivity index (χ1n) is 9.40. The van der Waals surface area contributed by atoms with Gasteiger partial charge in [-0.05, 0) is 50.2 Å². The van der Waals surface area contributed by atoms with Crippen molar-refractivity contribution in [3.63, 3.8) is 0 Å². The number of amides is 1. The summed E-state index contributed by atoms with van der Waals surface area (Å²) in [4.78, 5) is 19.2. The number of hydrogen-bond donors (Lipinski definition) is 0. The second-order valence-corrected chi connectivity index (χ2v) is 8.09. The Morgan fingerprint density at radius 1 is 1.12 bits per heavy atom. The number of hydrogen-bond acceptors (Lipinski definition) is 5. The second kappa shape index (κ2) is 8.22. The molecule has 0 radical (unpaired) electrons. The topological polar surface area (TPSA) is 54.3 Å². The molecule has 0 bridgehead atoms. The van der Waals surface area contributed by atoms with Crippen molar-refractivity contribution >= 4 is 17.7 Å². The maximum absolute atomic E-state index is 13.2. The van der Waals surface area contributed by atoms with E-state index in [4.69, 9.17) is 0 Å². The number of nitrogens with zero attached hydrogens (tertiary/aromatic N) is 5. The first kappa shape index (κ1) is 17.5. The van der Waals surface area contributed by atoms with E-state index in [9.17, 15) is 4.79 Å². The highest BCUT2D eigenvalue weighted by atomic mass is 32.2. The summed E-state index contributed by atoms with van der Waals surface area (Å²) in [6.07, 6.45) is 5.19. The van der Waals surface area contributed by atoms with Gasteiger partial charge in [-0.1, -0.05) is 18.2 Å². The average Bonchev–Trinajstić information content (AvgIpc) is 3.31. The number of thioether (sulfide) groups is 1. The molecular formula is C19H25N5OS.